The summed E-state index contributed by atoms with van der Waals surface area (Å²) in [5.74, 6) is 0.789. The van der Waals surface area contributed by atoms with E-state index >= 15 is 0 Å². The van der Waals surface area contributed by atoms with Gasteiger partial charge in [-0.1, -0.05) is 12.1 Å². The summed E-state index contributed by atoms with van der Waals surface area (Å²) in [5.41, 5.74) is 2.18. The predicted molar refractivity (Wildman–Crippen MR) is 78.4 cm³/mol. The lowest BCUT2D eigenvalue weighted by molar-refractivity contribution is 0.264. The van der Waals surface area contributed by atoms with Crippen LogP contribution in [0.5, 0.6) is 0 Å². The Balaban J connectivity index is 1.73. The van der Waals surface area contributed by atoms with Crippen molar-refractivity contribution in [3.63, 3.8) is 0 Å². The fourth-order valence-corrected chi connectivity index (χ4v) is 2.61. The molecule has 3 rings (SSSR count). The van der Waals surface area contributed by atoms with E-state index < -0.39 is 0 Å². The summed E-state index contributed by atoms with van der Waals surface area (Å²) in [6, 6.07) is 8.85. The number of likely N-dealkylation sites (tertiary alicyclic amines) is 1. The minimum Gasteiger partial charge on any atom is -0.382 e. The summed E-state index contributed by atoms with van der Waals surface area (Å²) in [4.78, 5) is 2.37. The Kier molecular flexibility index (Phi) is 3.64. The average Bonchev–Trinajstić information content (AvgIpc) is 2.88. The molecule has 2 aromatic rings. The van der Waals surface area contributed by atoms with Gasteiger partial charge in [0.2, 0.25) is 0 Å². The minimum absolute atomic E-state index is 0.555. The number of benzene rings is 1. The van der Waals surface area contributed by atoms with Crippen molar-refractivity contribution in [2.75, 3.05) is 25.5 Å². The highest BCUT2D eigenvalue weighted by Crippen LogP contribution is 2.22. The smallest absolute Gasteiger partial charge is 0.181 e. The number of piperidine rings is 1. The molecular formula is C14H20N6. The molecule has 0 atom stereocenters. The predicted octanol–water partition coefficient (Wildman–Crippen LogP) is 1.38. The Bertz CT molecular complexity index is 571. The van der Waals surface area contributed by atoms with Gasteiger partial charge in [-0.05, 0) is 55.5 Å². The van der Waals surface area contributed by atoms with Gasteiger partial charge in [-0.25, -0.2) is 4.68 Å². The van der Waals surface area contributed by atoms with E-state index in [1.54, 1.807) is 4.68 Å². The number of nitrogens with one attached hydrogen (secondary N) is 1. The quantitative estimate of drug-likeness (QED) is 0.915. The van der Waals surface area contributed by atoms with Crippen LogP contribution in [0.2, 0.25) is 0 Å². The lowest BCUT2D eigenvalue weighted by atomic mass is 10.0. The first-order chi connectivity index (χ1) is 9.72. The van der Waals surface area contributed by atoms with Crippen molar-refractivity contribution in [3.05, 3.63) is 24.3 Å². The molecule has 0 spiro atoms. The molecule has 6 heteroatoms. The van der Waals surface area contributed by atoms with E-state index in [1.807, 2.05) is 19.2 Å². The van der Waals surface area contributed by atoms with Crippen LogP contribution in [0.1, 0.15) is 12.8 Å². The second kappa shape index (κ2) is 5.58. The zero-order valence-electron chi connectivity index (χ0n) is 12.0. The number of rotatable bonds is 3. The molecule has 20 heavy (non-hydrogen) atoms. The fraction of sp³-hybridized carbons (Fsp3) is 0.500. The first kappa shape index (κ1) is 13.1. The summed E-state index contributed by atoms with van der Waals surface area (Å²) < 4.78 is 1.69. The molecule has 1 fully saturated rings. The normalized spacial score (nSPS) is 17.3. The van der Waals surface area contributed by atoms with Crippen LogP contribution in [-0.4, -0.2) is 51.3 Å². The molecule has 1 saturated heterocycles. The molecular weight excluding hydrogens is 252 g/mol. The number of anilines is 1. The topological polar surface area (TPSA) is 58.9 Å². The van der Waals surface area contributed by atoms with Crippen molar-refractivity contribution in [1.82, 2.24) is 25.1 Å². The fourth-order valence-electron chi connectivity index (χ4n) is 2.61. The molecule has 1 aliphatic heterocycles. The third-order valence-electron chi connectivity index (χ3n) is 3.83. The van der Waals surface area contributed by atoms with E-state index in [4.69, 9.17) is 0 Å². The number of aryl methyl sites for hydroxylation is 1. The summed E-state index contributed by atoms with van der Waals surface area (Å²) >= 11 is 0. The lowest BCUT2D eigenvalue weighted by Gasteiger charge is -2.30. The first-order valence-corrected chi connectivity index (χ1v) is 7.00. The van der Waals surface area contributed by atoms with Gasteiger partial charge in [-0.2, -0.15) is 0 Å². The monoisotopic (exact) mass is 272 g/mol. The van der Waals surface area contributed by atoms with Crippen molar-refractivity contribution >= 4 is 5.69 Å². The number of hydrogen-bond donors (Lipinski definition) is 1. The Morgan fingerprint density at radius 1 is 1.20 bits per heavy atom. The first-order valence-electron chi connectivity index (χ1n) is 7.00. The molecule has 1 aromatic carbocycles. The van der Waals surface area contributed by atoms with Gasteiger partial charge >= 0.3 is 0 Å². The van der Waals surface area contributed by atoms with E-state index in [0.717, 1.165) is 30.2 Å². The van der Waals surface area contributed by atoms with E-state index in [1.165, 1.54) is 12.8 Å². The van der Waals surface area contributed by atoms with Crippen LogP contribution in [0.15, 0.2) is 24.3 Å². The maximum Gasteiger partial charge on any atom is 0.181 e. The van der Waals surface area contributed by atoms with Crippen LogP contribution >= 0.6 is 0 Å². The van der Waals surface area contributed by atoms with Crippen molar-refractivity contribution in [2.45, 2.75) is 18.9 Å². The molecule has 0 amide bonds. The van der Waals surface area contributed by atoms with Crippen molar-refractivity contribution < 1.29 is 0 Å². The van der Waals surface area contributed by atoms with Gasteiger partial charge in [0.15, 0.2) is 5.82 Å². The highest BCUT2D eigenvalue weighted by molar-refractivity contribution is 5.62. The zero-order chi connectivity index (χ0) is 13.9. The maximum absolute atomic E-state index is 4.05. The van der Waals surface area contributed by atoms with Gasteiger partial charge in [0, 0.05) is 24.3 Å². The highest BCUT2D eigenvalue weighted by atomic mass is 15.5. The van der Waals surface area contributed by atoms with Gasteiger partial charge in [0.25, 0.3) is 0 Å². The standard InChI is InChI=1S/C14H20N6/c1-19-8-6-12(7-9-19)15-13-5-3-4-11(10-13)14-16-17-18-20(14)2/h3-5,10,12,15H,6-9H2,1-2H3. The van der Waals surface area contributed by atoms with Gasteiger partial charge in [-0.15, -0.1) is 5.10 Å². The zero-order valence-corrected chi connectivity index (χ0v) is 12.0. The largest absolute Gasteiger partial charge is 0.382 e. The Labute approximate surface area is 118 Å². The van der Waals surface area contributed by atoms with E-state index in [0.29, 0.717) is 6.04 Å². The number of nitrogens with zero attached hydrogens (tertiary/aromatic N) is 5. The summed E-state index contributed by atoms with van der Waals surface area (Å²) in [6.45, 7) is 2.31. The van der Waals surface area contributed by atoms with Crippen LogP contribution in [-0.2, 0) is 7.05 Å². The molecule has 1 aliphatic rings. The Hall–Kier alpha value is -1.95. The molecule has 2 heterocycles. The molecule has 0 saturated carbocycles. The molecule has 1 N–H and O–H groups in total. The molecule has 0 radical (unpaired) electrons. The SMILES string of the molecule is CN1CCC(Nc2cccc(-c3nnnn3C)c2)CC1. The molecule has 106 valence electrons. The van der Waals surface area contributed by atoms with Gasteiger partial charge in [0.05, 0.1) is 0 Å². The summed E-state index contributed by atoms with van der Waals surface area (Å²) in [7, 11) is 4.03. The molecule has 0 unspecified atom stereocenters. The minimum atomic E-state index is 0.555. The Morgan fingerprint density at radius 3 is 2.70 bits per heavy atom. The van der Waals surface area contributed by atoms with Gasteiger partial charge < -0.3 is 10.2 Å². The number of tetrazole rings is 1. The van der Waals surface area contributed by atoms with E-state index in [-0.39, 0.29) is 0 Å². The Morgan fingerprint density at radius 2 is 2.00 bits per heavy atom. The maximum atomic E-state index is 4.05. The van der Waals surface area contributed by atoms with Crippen LogP contribution in [0, 0.1) is 0 Å². The number of hydrogen-bond acceptors (Lipinski definition) is 5. The third-order valence-corrected chi connectivity index (χ3v) is 3.83. The molecule has 0 bridgehead atoms. The van der Waals surface area contributed by atoms with Crippen LogP contribution in [0.4, 0.5) is 5.69 Å². The molecule has 6 nitrogen and oxygen atoms in total. The highest BCUT2D eigenvalue weighted by Gasteiger charge is 2.16. The van der Waals surface area contributed by atoms with Crippen molar-refractivity contribution in [1.29, 1.82) is 0 Å². The van der Waals surface area contributed by atoms with Crippen LogP contribution in [0.3, 0.4) is 0 Å². The van der Waals surface area contributed by atoms with Gasteiger partial charge in [-0.3, -0.25) is 0 Å². The number of aromatic nitrogens is 4. The van der Waals surface area contributed by atoms with Gasteiger partial charge in [0.1, 0.15) is 0 Å². The molecule has 1 aromatic heterocycles. The summed E-state index contributed by atoms with van der Waals surface area (Å²) in [6.07, 6.45) is 2.37. The van der Waals surface area contributed by atoms with E-state index in [2.05, 4.69) is 44.9 Å². The van der Waals surface area contributed by atoms with Crippen LogP contribution < -0.4 is 5.32 Å². The average molecular weight is 272 g/mol. The summed E-state index contributed by atoms with van der Waals surface area (Å²) in [5, 5.41) is 15.2. The van der Waals surface area contributed by atoms with Crippen LogP contribution in [0.25, 0.3) is 11.4 Å². The van der Waals surface area contributed by atoms with E-state index in [9.17, 15) is 0 Å². The second-order valence-electron chi connectivity index (χ2n) is 5.43. The third kappa shape index (κ3) is 2.80. The lowest BCUT2D eigenvalue weighted by Crippen LogP contribution is -2.36. The second-order valence-corrected chi connectivity index (χ2v) is 5.43. The molecule has 0 aliphatic carbocycles. The van der Waals surface area contributed by atoms with Crippen molar-refractivity contribution in [2.24, 2.45) is 7.05 Å². The van der Waals surface area contributed by atoms with Crippen molar-refractivity contribution in [3.8, 4) is 11.4 Å².